The van der Waals surface area contributed by atoms with Gasteiger partial charge in [-0.2, -0.15) is 0 Å². The predicted molar refractivity (Wildman–Crippen MR) is 179 cm³/mol. The van der Waals surface area contributed by atoms with Gasteiger partial charge >= 0.3 is 0 Å². The predicted octanol–water partition coefficient (Wildman–Crippen LogP) is 1.81. The molecule has 0 aromatic carbocycles. The summed E-state index contributed by atoms with van der Waals surface area (Å²) < 4.78 is 71.2. The van der Waals surface area contributed by atoms with Gasteiger partial charge in [0.05, 0.1) is 165 Å². The molecule has 0 amide bonds. The van der Waals surface area contributed by atoms with E-state index in [0.29, 0.717) is 164 Å². The number of rotatable bonds is 42. The summed E-state index contributed by atoms with van der Waals surface area (Å²) in [5.41, 5.74) is 0. The normalized spacial score (nSPS) is 12.4. The fraction of sp³-hybridized carbons (Fsp3) is 1.00. The average Bonchev–Trinajstić information content (AvgIpc) is 3.07. The maximum Gasteiger partial charge on any atom is 0.0701 e. The maximum atomic E-state index is 5.54. The van der Waals surface area contributed by atoms with E-state index < -0.39 is 0 Å². The van der Waals surface area contributed by atoms with Crippen LogP contribution in [0.4, 0.5) is 0 Å². The van der Waals surface area contributed by atoms with Crippen molar-refractivity contribution in [1.82, 2.24) is 4.90 Å². The number of likely N-dealkylation sites (N-methyl/N-ethyl adjacent to an activating group) is 1. The van der Waals surface area contributed by atoms with Crippen LogP contribution in [0.15, 0.2) is 0 Å². The second-order valence-corrected chi connectivity index (χ2v) is 10.7. The van der Waals surface area contributed by atoms with Gasteiger partial charge in [0.1, 0.15) is 0 Å². The number of nitrogens with zero attached hydrogens (tertiary/aromatic N) is 1. The summed E-state index contributed by atoms with van der Waals surface area (Å²) in [5.74, 6) is 0.597. The van der Waals surface area contributed by atoms with Gasteiger partial charge in [0, 0.05) is 13.2 Å². The summed E-state index contributed by atoms with van der Waals surface area (Å²) in [6.45, 7) is 19.7. The molecule has 284 valence electrons. The van der Waals surface area contributed by atoms with Crippen molar-refractivity contribution in [1.29, 1.82) is 0 Å². The summed E-state index contributed by atoms with van der Waals surface area (Å²) in [6, 6.07) is 0. The van der Waals surface area contributed by atoms with Crippen LogP contribution in [0.1, 0.15) is 20.3 Å². The van der Waals surface area contributed by atoms with E-state index in [1.54, 1.807) is 0 Å². The molecular weight excluding hydrogens is 618 g/mol. The van der Waals surface area contributed by atoms with Crippen LogP contribution in [0.25, 0.3) is 0 Å². The Hall–Kier alpha value is -0.560. The Morgan fingerprint density at radius 1 is 0.319 bits per heavy atom. The zero-order valence-corrected chi connectivity index (χ0v) is 30.1. The summed E-state index contributed by atoms with van der Waals surface area (Å²) in [4.78, 5) is 2.08. The van der Waals surface area contributed by atoms with Crippen molar-refractivity contribution in [2.24, 2.45) is 5.92 Å². The first kappa shape index (κ1) is 46.4. The molecular formula is C33H69NO13. The highest BCUT2D eigenvalue weighted by Gasteiger charge is 1.99. The third-order valence-electron chi connectivity index (χ3n) is 6.25. The lowest BCUT2D eigenvalue weighted by atomic mass is 10.1. The van der Waals surface area contributed by atoms with Crippen molar-refractivity contribution in [3.63, 3.8) is 0 Å². The molecule has 0 rings (SSSR count). The van der Waals surface area contributed by atoms with Gasteiger partial charge in [-0.15, -0.1) is 0 Å². The Balaban J connectivity index is 3.05. The summed E-state index contributed by atoms with van der Waals surface area (Å²) in [6.07, 6.45) is 1.13. The fourth-order valence-electron chi connectivity index (χ4n) is 3.29. The largest absolute Gasteiger partial charge is 0.379 e. The van der Waals surface area contributed by atoms with Crippen molar-refractivity contribution in [2.45, 2.75) is 20.3 Å². The highest BCUT2D eigenvalue weighted by atomic mass is 16.6. The number of ether oxygens (including phenoxy) is 13. The van der Waals surface area contributed by atoms with E-state index >= 15 is 0 Å². The minimum atomic E-state index is 0.514. The Labute approximate surface area is 285 Å². The minimum Gasteiger partial charge on any atom is -0.379 e. The zero-order valence-electron chi connectivity index (χ0n) is 30.1. The molecule has 0 N–H and O–H groups in total. The molecule has 1 atom stereocenters. The van der Waals surface area contributed by atoms with Crippen molar-refractivity contribution >= 4 is 0 Å². The van der Waals surface area contributed by atoms with Gasteiger partial charge < -0.3 is 66.5 Å². The van der Waals surface area contributed by atoms with Crippen molar-refractivity contribution in [3.8, 4) is 0 Å². The Morgan fingerprint density at radius 2 is 0.511 bits per heavy atom. The average molecular weight is 688 g/mol. The smallest absolute Gasteiger partial charge is 0.0701 e. The van der Waals surface area contributed by atoms with Gasteiger partial charge in [-0.1, -0.05) is 20.3 Å². The van der Waals surface area contributed by atoms with Gasteiger partial charge in [-0.25, -0.2) is 0 Å². The van der Waals surface area contributed by atoms with E-state index in [0.717, 1.165) is 26.2 Å². The lowest BCUT2D eigenvalue weighted by Crippen LogP contribution is -2.19. The number of hydrogen-bond donors (Lipinski definition) is 0. The molecule has 0 saturated carbocycles. The van der Waals surface area contributed by atoms with Crippen LogP contribution in [-0.2, 0) is 61.6 Å². The maximum absolute atomic E-state index is 5.54. The molecule has 14 nitrogen and oxygen atoms in total. The Morgan fingerprint density at radius 3 is 0.702 bits per heavy atom. The molecule has 0 aliphatic carbocycles. The third-order valence-corrected chi connectivity index (χ3v) is 6.25. The van der Waals surface area contributed by atoms with Crippen molar-refractivity contribution in [2.75, 3.05) is 192 Å². The van der Waals surface area contributed by atoms with Crippen LogP contribution in [0.5, 0.6) is 0 Å². The van der Waals surface area contributed by atoms with Crippen molar-refractivity contribution in [3.05, 3.63) is 0 Å². The first-order chi connectivity index (χ1) is 23.2. The van der Waals surface area contributed by atoms with E-state index in [9.17, 15) is 0 Å². The van der Waals surface area contributed by atoms with Crippen LogP contribution < -0.4 is 0 Å². The molecule has 0 aliphatic heterocycles. The molecule has 0 bridgehead atoms. The zero-order chi connectivity index (χ0) is 34.1. The van der Waals surface area contributed by atoms with Crippen molar-refractivity contribution < 1.29 is 61.6 Å². The molecule has 1 unspecified atom stereocenters. The first-order valence-corrected chi connectivity index (χ1v) is 17.3. The van der Waals surface area contributed by atoms with E-state index in [-0.39, 0.29) is 0 Å². The fourth-order valence-corrected chi connectivity index (χ4v) is 3.29. The van der Waals surface area contributed by atoms with E-state index in [4.69, 9.17) is 61.6 Å². The van der Waals surface area contributed by atoms with Crippen LogP contribution in [0.2, 0.25) is 0 Å². The molecule has 0 radical (unpaired) electrons. The number of hydrogen-bond acceptors (Lipinski definition) is 14. The molecule has 47 heavy (non-hydrogen) atoms. The molecule has 0 saturated heterocycles. The minimum absolute atomic E-state index is 0.514. The van der Waals surface area contributed by atoms with E-state index in [1.165, 1.54) is 0 Å². The molecule has 0 fully saturated rings. The first-order valence-electron chi connectivity index (χ1n) is 17.3. The molecule has 0 heterocycles. The van der Waals surface area contributed by atoms with Crippen LogP contribution in [-0.4, -0.2) is 197 Å². The summed E-state index contributed by atoms with van der Waals surface area (Å²) in [7, 11) is 4.04. The SMILES string of the molecule is CCC(C)COCCOCCOCCOCCOCCOCCOCCOCCOCCOCCOCCOCCOCCN(C)C. The topological polar surface area (TPSA) is 123 Å². The molecule has 14 heteroatoms. The van der Waals surface area contributed by atoms with Crippen LogP contribution in [0, 0.1) is 5.92 Å². The van der Waals surface area contributed by atoms with Gasteiger partial charge in [0.2, 0.25) is 0 Å². The van der Waals surface area contributed by atoms with Crippen LogP contribution >= 0.6 is 0 Å². The summed E-state index contributed by atoms with van der Waals surface area (Å²) in [5, 5.41) is 0. The van der Waals surface area contributed by atoms with E-state index in [1.807, 2.05) is 14.1 Å². The second kappa shape index (κ2) is 41.6. The molecule has 0 aromatic rings. The lowest BCUT2D eigenvalue weighted by Gasteiger charge is -2.10. The van der Waals surface area contributed by atoms with Gasteiger partial charge in [0.15, 0.2) is 0 Å². The van der Waals surface area contributed by atoms with Gasteiger partial charge in [0.25, 0.3) is 0 Å². The highest BCUT2D eigenvalue weighted by molar-refractivity contribution is 4.46. The van der Waals surface area contributed by atoms with E-state index in [2.05, 4.69) is 18.7 Å². The molecule has 0 aliphatic rings. The molecule has 0 aromatic heterocycles. The van der Waals surface area contributed by atoms with Gasteiger partial charge in [-0.3, -0.25) is 0 Å². The lowest BCUT2D eigenvalue weighted by molar-refractivity contribution is -0.0293. The second-order valence-electron chi connectivity index (χ2n) is 10.7. The Kier molecular flexibility index (Phi) is 41.1. The standard InChI is InChI=1S/C33H69NO13/c1-5-33(2)32-47-31-30-46-29-28-45-27-26-44-25-24-43-23-22-42-21-20-41-19-18-40-17-16-39-15-14-38-13-12-37-11-10-36-9-8-35-7-6-34(3)4/h33H,5-32H2,1-4H3. The monoisotopic (exact) mass is 687 g/mol. The molecule has 0 spiro atoms. The van der Waals surface area contributed by atoms with Crippen LogP contribution in [0.3, 0.4) is 0 Å². The van der Waals surface area contributed by atoms with Gasteiger partial charge in [-0.05, 0) is 20.0 Å². The Bertz CT molecular complexity index is 567. The third kappa shape index (κ3) is 43.4. The summed E-state index contributed by atoms with van der Waals surface area (Å²) >= 11 is 0. The highest BCUT2D eigenvalue weighted by Crippen LogP contribution is 2.00. The quantitative estimate of drug-likeness (QED) is 0.0867.